The first kappa shape index (κ1) is 34.8. The highest BCUT2D eigenvalue weighted by molar-refractivity contribution is 7.20. The monoisotopic (exact) mass is 782 g/mol. The van der Waals surface area contributed by atoms with Crippen LogP contribution < -0.4 is 20.7 Å². The maximum absolute atomic E-state index is 3.06. The Morgan fingerprint density at radius 1 is 0.367 bits per heavy atom. The second kappa shape index (κ2) is 13.2. The fourth-order valence-electron chi connectivity index (χ4n) is 11.0. The van der Waals surface area contributed by atoms with Crippen molar-refractivity contribution in [3.63, 3.8) is 0 Å². The molecule has 0 fully saturated rings. The summed E-state index contributed by atoms with van der Waals surface area (Å²) in [6.45, 7) is 4.80. The third-order valence-corrected chi connectivity index (χ3v) is 18.2. The molecule has 0 radical (unpaired) electrons. The molecule has 0 saturated heterocycles. The molecule has 0 aliphatic heterocycles. The average Bonchev–Trinajstić information content (AvgIpc) is 3.91. The summed E-state index contributed by atoms with van der Waals surface area (Å²) in [5, 5.41) is 10.7. The van der Waals surface area contributed by atoms with Crippen LogP contribution in [0.3, 0.4) is 0 Å². The molecule has 0 N–H and O–H groups in total. The number of hydrogen-bond acceptors (Lipinski definition) is 0. The Balaban J connectivity index is 1.19. The zero-order chi connectivity index (χ0) is 40.0. The van der Waals surface area contributed by atoms with E-state index in [-0.39, 0.29) is 5.41 Å². The number of benzene rings is 9. The lowest BCUT2D eigenvalue weighted by Crippen LogP contribution is -2.74. The summed E-state index contributed by atoms with van der Waals surface area (Å²) in [5.41, 5.74) is 12.6. The molecule has 2 heterocycles. The number of aromatic nitrogens is 2. The standard InChI is InChI=1S/C57H42N2Si/c1-57(2)48-31-15-12-28-44(48)45-36-37-52-55(56(45)57)47-30-14-17-33-50(47)59(52)40-22-18-27-43(38-40)60(41-23-8-4-9-24-41,42-25-10-5-11-26-42)53-35-19-34-51-54(53)46-29-13-16-32-49(46)58(51)39-20-6-3-7-21-39/h3-38H,1-2H3. The summed E-state index contributed by atoms with van der Waals surface area (Å²) in [4.78, 5) is 0. The van der Waals surface area contributed by atoms with Gasteiger partial charge in [-0.1, -0.05) is 184 Å². The van der Waals surface area contributed by atoms with Gasteiger partial charge in [0.1, 0.15) is 0 Å². The minimum Gasteiger partial charge on any atom is -0.309 e. The van der Waals surface area contributed by atoms with E-state index in [0.29, 0.717) is 0 Å². The molecule has 3 heteroatoms. The lowest BCUT2D eigenvalue weighted by molar-refractivity contribution is 0.666. The fraction of sp³-hybridized carbons (Fsp3) is 0.0526. The van der Waals surface area contributed by atoms with E-state index < -0.39 is 8.07 Å². The fourth-order valence-corrected chi connectivity index (χ4v) is 16.0. The van der Waals surface area contributed by atoms with Gasteiger partial charge in [-0.3, -0.25) is 0 Å². The Hall–Kier alpha value is -7.20. The van der Waals surface area contributed by atoms with Crippen molar-refractivity contribution < 1.29 is 0 Å². The first-order chi connectivity index (χ1) is 29.6. The smallest absolute Gasteiger partial charge is 0.180 e. The molecule has 0 spiro atoms. The molecule has 0 bridgehead atoms. The van der Waals surface area contributed by atoms with Gasteiger partial charge in [-0.2, -0.15) is 0 Å². The first-order valence-electron chi connectivity index (χ1n) is 21.0. The summed E-state index contributed by atoms with van der Waals surface area (Å²) in [6, 6.07) is 81.9. The topological polar surface area (TPSA) is 9.86 Å². The lowest BCUT2D eigenvalue weighted by Gasteiger charge is -2.35. The van der Waals surface area contributed by atoms with E-state index in [9.17, 15) is 0 Å². The molecule has 2 aromatic heterocycles. The highest BCUT2D eigenvalue weighted by Crippen LogP contribution is 2.53. The maximum Gasteiger partial charge on any atom is 0.180 e. The van der Waals surface area contributed by atoms with Gasteiger partial charge in [-0.15, -0.1) is 0 Å². The van der Waals surface area contributed by atoms with E-state index in [2.05, 4.69) is 241 Å². The van der Waals surface area contributed by atoms with Gasteiger partial charge in [0.25, 0.3) is 0 Å². The third-order valence-electron chi connectivity index (χ3n) is 13.4. The van der Waals surface area contributed by atoms with Gasteiger partial charge < -0.3 is 9.13 Å². The number of rotatable bonds is 6. The number of para-hydroxylation sites is 3. The van der Waals surface area contributed by atoms with Crippen molar-refractivity contribution in [2.24, 2.45) is 0 Å². The van der Waals surface area contributed by atoms with Crippen LogP contribution in [0.2, 0.25) is 0 Å². The Morgan fingerprint density at radius 2 is 0.867 bits per heavy atom. The first-order valence-corrected chi connectivity index (χ1v) is 23.0. The van der Waals surface area contributed by atoms with Gasteiger partial charge in [0.2, 0.25) is 0 Å². The Labute approximate surface area is 351 Å². The van der Waals surface area contributed by atoms with Crippen LogP contribution in [0.4, 0.5) is 0 Å². The second-order valence-electron chi connectivity index (χ2n) is 16.8. The predicted octanol–water partition coefficient (Wildman–Crippen LogP) is 11.6. The summed E-state index contributed by atoms with van der Waals surface area (Å²) in [6.07, 6.45) is 0. The molecule has 0 saturated carbocycles. The number of fused-ring (bicyclic) bond motifs is 10. The van der Waals surface area contributed by atoms with Crippen LogP contribution >= 0.6 is 0 Å². The summed E-state index contributed by atoms with van der Waals surface area (Å²) < 4.78 is 4.99. The molecule has 9 aromatic carbocycles. The molecule has 1 aliphatic carbocycles. The van der Waals surface area contributed by atoms with Gasteiger partial charge in [-0.25, -0.2) is 0 Å². The van der Waals surface area contributed by atoms with Crippen molar-refractivity contribution in [2.45, 2.75) is 19.3 Å². The van der Waals surface area contributed by atoms with Crippen molar-refractivity contribution >= 4 is 72.4 Å². The van der Waals surface area contributed by atoms with Gasteiger partial charge in [0.05, 0.1) is 22.1 Å². The van der Waals surface area contributed by atoms with Crippen LogP contribution in [-0.4, -0.2) is 17.2 Å². The Morgan fingerprint density at radius 3 is 1.57 bits per heavy atom. The summed E-state index contributed by atoms with van der Waals surface area (Å²) in [7, 11) is -3.06. The number of nitrogens with zero attached hydrogens (tertiary/aromatic N) is 2. The van der Waals surface area contributed by atoms with Gasteiger partial charge in [0, 0.05) is 38.3 Å². The van der Waals surface area contributed by atoms with Crippen molar-refractivity contribution in [1.82, 2.24) is 9.13 Å². The van der Waals surface area contributed by atoms with E-state index in [4.69, 9.17) is 0 Å². The third kappa shape index (κ3) is 4.75. The molecule has 0 amide bonds. The average molecular weight is 783 g/mol. The van der Waals surface area contributed by atoms with E-state index in [1.807, 2.05) is 0 Å². The molecule has 2 nitrogen and oxygen atoms in total. The normalized spacial score (nSPS) is 13.3. The molecule has 284 valence electrons. The number of hydrogen-bond donors (Lipinski definition) is 0. The Bertz CT molecular complexity index is 3410. The van der Waals surface area contributed by atoms with Crippen molar-refractivity contribution in [3.8, 4) is 22.5 Å². The molecular weight excluding hydrogens is 741 g/mol. The minimum absolute atomic E-state index is 0.136. The summed E-state index contributed by atoms with van der Waals surface area (Å²) in [5.74, 6) is 0. The molecule has 0 unspecified atom stereocenters. The zero-order valence-electron chi connectivity index (χ0n) is 33.7. The molecule has 11 aromatic rings. The van der Waals surface area contributed by atoms with E-state index >= 15 is 0 Å². The molecule has 0 atom stereocenters. The molecular formula is C57H42N2Si. The maximum atomic E-state index is 2.53. The second-order valence-corrected chi connectivity index (χ2v) is 20.6. The van der Waals surface area contributed by atoms with Crippen LogP contribution in [-0.2, 0) is 5.41 Å². The highest BCUT2D eigenvalue weighted by Gasteiger charge is 2.44. The largest absolute Gasteiger partial charge is 0.309 e. The zero-order valence-corrected chi connectivity index (χ0v) is 34.7. The van der Waals surface area contributed by atoms with Crippen LogP contribution in [0.25, 0.3) is 66.1 Å². The van der Waals surface area contributed by atoms with Crippen molar-refractivity contribution in [3.05, 3.63) is 230 Å². The van der Waals surface area contributed by atoms with Gasteiger partial charge in [-0.05, 0) is 91.5 Å². The van der Waals surface area contributed by atoms with E-state index in [1.165, 1.54) is 98.0 Å². The molecule has 60 heavy (non-hydrogen) atoms. The van der Waals surface area contributed by atoms with Crippen LogP contribution in [0.5, 0.6) is 0 Å². The predicted molar refractivity (Wildman–Crippen MR) is 256 cm³/mol. The van der Waals surface area contributed by atoms with Crippen LogP contribution in [0.15, 0.2) is 218 Å². The Kier molecular flexibility index (Phi) is 7.63. The lowest BCUT2D eigenvalue weighted by atomic mass is 9.80. The summed E-state index contributed by atoms with van der Waals surface area (Å²) >= 11 is 0. The van der Waals surface area contributed by atoms with Gasteiger partial charge >= 0.3 is 0 Å². The quantitative estimate of drug-likeness (QED) is 0.117. The van der Waals surface area contributed by atoms with Crippen molar-refractivity contribution in [1.29, 1.82) is 0 Å². The van der Waals surface area contributed by atoms with E-state index in [0.717, 1.165) is 0 Å². The van der Waals surface area contributed by atoms with E-state index in [1.54, 1.807) is 0 Å². The van der Waals surface area contributed by atoms with Crippen molar-refractivity contribution in [2.75, 3.05) is 0 Å². The van der Waals surface area contributed by atoms with Crippen LogP contribution in [0, 0.1) is 0 Å². The van der Waals surface area contributed by atoms with Gasteiger partial charge in [0.15, 0.2) is 8.07 Å². The van der Waals surface area contributed by atoms with Crippen LogP contribution in [0.1, 0.15) is 25.0 Å². The molecule has 12 rings (SSSR count). The minimum atomic E-state index is -3.06. The molecule has 1 aliphatic rings. The highest BCUT2D eigenvalue weighted by atomic mass is 28.3. The SMILES string of the molecule is CC1(C)c2ccccc2-c2ccc3c(c21)c1ccccc1n3-c1cccc([Si](c2ccccc2)(c2ccccc2)c2cccc3c2c2ccccc2n3-c2ccccc2)c1.